The van der Waals surface area contributed by atoms with Crippen LogP contribution in [-0.4, -0.2) is 89.2 Å². The first-order chi connectivity index (χ1) is 36.6. The molecule has 75 heavy (non-hydrogen) atoms. The summed E-state index contributed by atoms with van der Waals surface area (Å²) in [6.45, 7) is 5.86. The first kappa shape index (κ1) is 69.7. The average Bonchev–Trinajstić information content (AvgIpc) is 3.39. The third-order valence-corrected chi connectivity index (χ3v) is 13.9. The number of allylic oxidation sites excluding steroid dienone is 8. The highest BCUT2D eigenvalue weighted by Crippen LogP contribution is 2.27. The van der Waals surface area contributed by atoms with E-state index in [1.807, 2.05) is 0 Å². The Hall–Kier alpha value is -3.32. The molecule has 0 spiro atoms. The van der Waals surface area contributed by atoms with E-state index >= 15 is 0 Å². The summed E-state index contributed by atoms with van der Waals surface area (Å²) in [7, 11) is 0. The zero-order valence-electron chi connectivity index (χ0n) is 47.8. The molecule has 12 heteroatoms. The molecule has 1 saturated heterocycles. The molecular formula is C63H110O12. The number of ether oxygens (including phenoxy) is 5. The monoisotopic (exact) mass is 1060 g/mol. The molecule has 1 heterocycles. The van der Waals surface area contributed by atoms with Crippen molar-refractivity contribution in [3.63, 3.8) is 0 Å². The van der Waals surface area contributed by atoms with Crippen molar-refractivity contribution in [2.45, 2.75) is 314 Å². The van der Waals surface area contributed by atoms with Gasteiger partial charge in [0.05, 0.1) is 6.61 Å². The van der Waals surface area contributed by atoms with Crippen molar-refractivity contribution in [3.8, 4) is 0 Å². The summed E-state index contributed by atoms with van der Waals surface area (Å²) in [5.41, 5.74) is 0. The quantitative estimate of drug-likeness (QED) is 0.0228. The van der Waals surface area contributed by atoms with Crippen LogP contribution in [0.4, 0.5) is 0 Å². The molecule has 6 unspecified atom stereocenters. The molecule has 0 aromatic rings. The van der Waals surface area contributed by atoms with E-state index in [0.29, 0.717) is 19.3 Å². The van der Waals surface area contributed by atoms with Crippen molar-refractivity contribution >= 4 is 23.9 Å². The van der Waals surface area contributed by atoms with Gasteiger partial charge in [-0.2, -0.15) is 0 Å². The van der Waals surface area contributed by atoms with Crippen molar-refractivity contribution in [2.24, 2.45) is 0 Å². The fourth-order valence-electron chi connectivity index (χ4n) is 9.24. The van der Waals surface area contributed by atoms with Crippen LogP contribution in [0.1, 0.15) is 278 Å². The normalized spacial score (nSPS) is 18.4. The van der Waals surface area contributed by atoms with Gasteiger partial charge in [0.1, 0.15) is 18.8 Å². The van der Waals surface area contributed by atoms with Gasteiger partial charge in [-0.05, 0) is 57.8 Å². The van der Waals surface area contributed by atoms with E-state index in [0.717, 1.165) is 109 Å². The summed E-state index contributed by atoms with van der Waals surface area (Å²) in [5, 5.41) is 31.4. The van der Waals surface area contributed by atoms with Crippen LogP contribution in [0.2, 0.25) is 0 Å². The summed E-state index contributed by atoms with van der Waals surface area (Å²) >= 11 is 0. The van der Waals surface area contributed by atoms with Crippen molar-refractivity contribution in [1.82, 2.24) is 0 Å². The van der Waals surface area contributed by atoms with Crippen molar-refractivity contribution in [3.05, 3.63) is 48.6 Å². The summed E-state index contributed by atoms with van der Waals surface area (Å²) in [4.78, 5) is 51.1. The summed E-state index contributed by atoms with van der Waals surface area (Å²) in [6.07, 6.45) is 49.5. The molecule has 6 atom stereocenters. The smallest absolute Gasteiger partial charge is 0.335 e. The average molecular weight is 1060 g/mol. The van der Waals surface area contributed by atoms with Crippen LogP contribution < -0.4 is 0 Å². The van der Waals surface area contributed by atoms with Crippen LogP contribution in [0.15, 0.2) is 48.6 Å². The summed E-state index contributed by atoms with van der Waals surface area (Å²) < 4.78 is 28.4. The molecule has 1 aliphatic heterocycles. The van der Waals surface area contributed by atoms with Crippen LogP contribution in [-0.2, 0) is 42.9 Å². The maximum absolute atomic E-state index is 13.2. The number of aliphatic hydroxyl groups is 2. The molecule has 0 aliphatic carbocycles. The maximum atomic E-state index is 13.2. The zero-order chi connectivity index (χ0) is 54.7. The van der Waals surface area contributed by atoms with Crippen LogP contribution in [0.5, 0.6) is 0 Å². The largest absolute Gasteiger partial charge is 0.479 e. The van der Waals surface area contributed by atoms with Gasteiger partial charge in [0.15, 0.2) is 24.6 Å². The lowest BCUT2D eigenvalue weighted by Gasteiger charge is -2.40. The van der Waals surface area contributed by atoms with Gasteiger partial charge < -0.3 is 39.0 Å². The van der Waals surface area contributed by atoms with Crippen LogP contribution >= 0.6 is 0 Å². The van der Waals surface area contributed by atoms with E-state index in [9.17, 15) is 34.5 Å². The summed E-state index contributed by atoms with van der Waals surface area (Å²) in [5.74, 6) is -3.12. The highest BCUT2D eigenvalue weighted by Gasteiger charge is 2.50. The molecule has 0 amide bonds. The van der Waals surface area contributed by atoms with Crippen LogP contribution in [0.25, 0.3) is 0 Å². The molecule has 1 rings (SSSR count). The number of esters is 3. The number of carbonyl (C=O) groups excluding carboxylic acids is 3. The minimum atomic E-state index is -1.90. The van der Waals surface area contributed by atoms with E-state index in [1.54, 1.807) is 0 Å². The molecule has 3 N–H and O–H groups in total. The lowest BCUT2D eigenvalue weighted by atomic mass is 9.98. The SMILES string of the molecule is CC/C=C\C/C=C\C/C=C\C/C=C\CCCCCCCCC(=O)OCC(COC1OC(C(=O)O)C(O)C(O)C1OC(=O)CCCCCCCCCCC)OC(=O)CCCCCCCCCCCCCCCCCCC. The fourth-order valence-corrected chi connectivity index (χ4v) is 9.24. The number of hydrogen-bond donors (Lipinski definition) is 3. The number of rotatable bonds is 52. The third-order valence-electron chi connectivity index (χ3n) is 13.9. The van der Waals surface area contributed by atoms with Crippen molar-refractivity contribution in [2.75, 3.05) is 13.2 Å². The Bertz CT molecular complexity index is 1490. The number of unbranched alkanes of at least 4 members (excludes halogenated alkanes) is 30. The highest BCUT2D eigenvalue weighted by molar-refractivity contribution is 5.74. The van der Waals surface area contributed by atoms with Gasteiger partial charge in [-0.25, -0.2) is 4.79 Å². The van der Waals surface area contributed by atoms with Gasteiger partial charge in [0.25, 0.3) is 0 Å². The molecule has 434 valence electrons. The van der Waals surface area contributed by atoms with Gasteiger partial charge in [-0.3, -0.25) is 14.4 Å². The number of hydrogen-bond acceptors (Lipinski definition) is 11. The molecule has 0 radical (unpaired) electrons. The Balaban J connectivity index is 2.64. The minimum Gasteiger partial charge on any atom is -0.479 e. The third kappa shape index (κ3) is 41.5. The molecule has 0 bridgehead atoms. The number of aliphatic carboxylic acids is 1. The number of carbonyl (C=O) groups is 4. The second-order valence-corrected chi connectivity index (χ2v) is 21.0. The first-order valence-electron chi connectivity index (χ1n) is 30.6. The van der Waals surface area contributed by atoms with Gasteiger partial charge in [-0.15, -0.1) is 0 Å². The lowest BCUT2D eigenvalue weighted by Crippen LogP contribution is -2.61. The van der Waals surface area contributed by atoms with Crippen molar-refractivity contribution < 1.29 is 58.2 Å². The van der Waals surface area contributed by atoms with Gasteiger partial charge >= 0.3 is 23.9 Å². The maximum Gasteiger partial charge on any atom is 0.335 e. The number of aliphatic hydroxyl groups excluding tert-OH is 2. The second kappa shape index (κ2) is 51.4. The molecular weight excluding hydrogens is 949 g/mol. The topological polar surface area (TPSA) is 175 Å². The summed E-state index contributed by atoms with van der Waals surface area (Å²) in [6, 6.07) is 0. The van der Waals surface area contributed by atoms with Gasteiger partial charge in [-0.1, -0.05) is 249 Å². The fraction of sp³-hybridized carbons (Fsp3) is 0.810. The Morgan fingerprint density at radius 1 is 0.453 bits per heavy atom. The number of carboxylic acids is 1. The van der Waals surface area contributed by atoms with E-state index in [1.165, 1.54) is 109 Å². The van der Waals surface area contributed by atoms with Crippen LogP contribution in [0.3, 0.4) is 0 Å². The Kier molecular flexibility index (Phi) is 47.8. The van der Waals surface area contributed by atoms with Gasteiger partial charge in [0, 0.05) is 19.3 Å². The Morgan fingerprint density at radius 2 is 0.840 bits per heavy atom. The van der Waals surface area contributed by atoms with Crippen molar-refractivity contribution in [1.29, 1.82) is 0 Å². The lowest BCUT2D eigenvalue weighted by molar-refractivity contribution is -0.301. The second-order valence-electron chi connectivity index (χ2n) is 21.0. The molecule has 12 nitrogen and oxygen atoms in total. The van der Waals surface area contributed by atoms with E-state index < -0.39 is 67.3 Å². The van der Waals surface area contributed by atoms with Crippen LogP contribution in [0, 0.1) is 0 Å². The Labute approximate surface area is 456 Å². The highest BCUT2D eigenvalue weighted by atomic mass is 16.7. The predicted molar refractivity (Wildman–Crippen MR) is 303 cm³/mol. The molecule has 0 aromatic carbocycles. The Morgan fingerprint density at radius 3 is 1.28 bits per heavy atom. The van der Waals surface area contributed by atoms with E-state index in [2.05, 4.69) is 69.4 Å². The molecule has 0 aromatic heterocycles. The van der Waals surface area contributed by atoms with Gasteiger partial charge in [0.2, 0.25) is 0 Å². The standard InChI is InChI=1S/C63H110O12/c1-4-7-10-13-16-19-21-23-25-27-28-30-31-33-35-38-40-43-46-49-55(64)71-52-54(73-56(65)50-47-44-42-39-36-34-32-29-26-24-22-20-17-14-11-8-5-2)53-72-63-61(59(68)58(67)60(75-63)62(69)70)74-57(66)51-48-45-41-37-18-15-12-9-6-3/h7,10,16,19,23,25,28,30,54,58-61,63,67-68H,4-6,8-9,11-15,17-18,20-22,24,26-27,29,31-53H2,1-3H3,(H,69,70)/b10-7-,19-16-,25-23-,30-28-. The first-order valence-corrected chi connectivity index (χ1v) is 30.6. The zero-order valence-corrected chi connectivity index (χ0v) is 47.8. The van der Waals surface area contributed by atoms with E-state index in [-0.39, 0.29) is 25.9 Å². The predicted octanol–water partition coefficient (Wildman–Crippen LogP) is 15.8. The molecule has 1 aliphatic rings. The minimum absolute atomic E-state index is 0.0620. The molecule has 0 saturated carbocycles. The van der Waals surface area contributed by atoms with E-state index in [4.69, 9.17) is 23.7 Å². The molecule has 1 fully saturated rings. The number of carboxylic acid groups (broad SMARTS) is 1.